The van der Waals surface area contributed by atoms with Crippen molar-refractivity contribution in [2.75, 3.05) is 37.6 Å². The molecule has 3 aromatic rings. The molecule has 5 nitrogen and oxygen atoms in total. The zero-order valence-corrected chi connectivity index (χ0v) is 22.0. The van der Waals surface area contributed by atoms with Crippen LogP contribution in [0, 0.1) is 5.82 Å². The van der Waals surface area contributed by atoms with Gasteiger partial charge < -0.3 is 9.88 Å². The number of hydrogen-bond donors (Lipinski definition) is 1. The monoisotopic (exact) mass is 557 g/mol. The molecule has 2 fully saturated rings. The molecule has 1 atom stereocenters. The van der Waals surface area contributed by atoms with E-state index in [1.54, 1.807) is 18.2 Å². The second-order valence-electron chi connectivity index (χ2n) is 9.89. The molecule has 2 aliphatic heterocycles. The van der Waals surface area contributed by atoms with Crippen molar-refractivity contribution in [3.63, 3.8) is 0 Å². The van der Waals surface area contributed by atoms with Gasteiger partial charge in [0.25, 0.3) is 0 Å². The van der Waals surface area contributed by atoms with Crippen LogP contribution < -0.4 is 4.90 Å². The van der Waals surface area contributed by atoms with Crippen LogP contribution in [0.1, 0.15) is 37.6 Å². The zero-order chi connectivity index (χ0) is 26.3. The number of hydrogen-bond acceptors (Lipinski definition) is 4. The molecular formula is C26H29Cl2F4N5. The molecule has 1 N–H and O–H groups in total. The molecule has 0 bridgehead atoms. The van der Waals surface area contributed by atoms with Crippen molar-refractivity contribution in [1.29, 1.82) is 0 Å². The van der Waals surface area contributed by atoms with Crippen molar-refractivity contribution in [2.24, 2.45) is 0 Å². The fourth-order valence-electron chi connectivity index (χ4n) is 5.63. The average Bonchev–Trinajstić information content (AvgIpc) is 3.29. The number of aromatic amines is 1. The highest BCUT2D eigenvalue weighted by Gasteiger charge is 2.36. The molecule has 0 aliphatic carbocycles. The van der Waals surface area contributed by atoms with Gasteiger partial charge in [-0.2, -0.15) is 13.2 Å². The second-order valence-corrected chi connectivity index (χ2v) is 10.7. The number of rotatable bonds is 5. The van der Waals surface area contributed by atoms with Gasteiger partial charge in [-0.15, -0.1) is 0 Å². The number of imidazole rings is 1. The summed E-state index contributed by atoms with van der Waals surface area (Å²) in [4.78, 5) is 13.1. The minimum Gasteiger partial charge on any atom is -0.367 e. The van der Waals surface area contributed by atoms with Gasteiger partial charge in [0, 0.05) is 48.8 Å². The van der Waals surface area contributed by atoms with Crippen LogP contribution in [0.3, 0.4) is 0 Å². The highest BCUT2D eigenvalue weighted by atomic mass is 35.5. The lowest BCUT2D eigenvalue weighted by Gasteiger charge is -2.48. The number of aromatic nitrogens is 2. The molecule has 1 unspecified atom stereocenters. The van der Waals surface area contributed by atoms with Gasteiger partial charge in [-0.05, 0) is 56.6 Å². The van der Waals surface area contributed by atoms with E-state index in [-0.39, 0.29) is 16.9 Å². The lowest BCUT2D eigenvalue weighted by molar-refractivity contribution is -0.144. The van der Waals surface area contributed by atoms with Crippen molar-refractivity contribution in [3.8, 4) is 0 Å². The minimum absolute atomic E-state index is 0.256. The van der Waals surface area contributed by atoms with Crippen molar-refractivity contribution >= 4 is 39.9 Å². The van der Waals surface area contributed by atoms with Crippen LogP contribution >= 0.6 is 23.2 Å². The van der Waals surface area contributed by atoms with Gasteiger partial charge in [0.2, 0.25) is 5.82 Å². The molecule has 0 spiro atoms. The van der Waals surface area contributed by atoms with Crippen molar-refractivity contribution in [2.45, 2.75) is 51.0 Å². The van der Waals surface area contributed by atoms with Crippen LogP contribution in [0.5, 0.6) is 0 Å². The summed E-state index contributed by atoms with van der Waals surface area (Å²) in [5, 5.41) is 0.817. The summed E-state index contributed by atoms with van der Waals surface area (Å²) in [5.74, 6) is -1.28. The molecule has 37 heavy (non-hydrogen) atoms. The van der Waals surface area contributed by atoms with Crippen LogP contribution in [-0.4, -0.2) is 64.6 Å². The van der Waals surface area contributed by atoms with Crippen LogP contribution in [0.15, 0.2) is 30.3 Å². The Morgan fingerprint density at radius 3 is 2.49 bits per heavy atom. The van der Waals surface area contributed by atoms with E-state index in [1.165, 1.54) is 12.1 Å². The summed E-state index contributed by atoms with van der Waals surface area (Å²) < 4.78 is 53.5. The normalized spacial score (nSPS) is 20.7. The van der Waals surface area contributed by atoms with Crippen LogP contribution in [0.2, 0.25) is 10.0 Å². The summed E-state index contributed by atoms with van der Waals surface area (Å²) in [6, 6.07) is 8.77. The molecule has 2 saturated heterocycles. The Hall–Kier alpha value is -2.07. The lowest BCUT2D eigenvalue weighted by atomic mass is 9.97. The number of alkyl halides is 3. The van der Waals surface area contributed by atoms with Crippen LogP contribution in [0.4, 0.5) is 23.2 Å². The molecule has 2 aromatic carbocycles. The fraction of sp³-hybridized carbons (Fsp3) is 0.500. The summed E-state index contributed by atoms with van der Waals surface area (Å²) in [6.45, 7) is 6.85. The molecule has 3 heterocycles. The first-order valence-corrected chi connectivity index (χ1v) is 13.3. The zero-order valence-electron chi connectivity index (χ0n) is 20.5. The third kappa shape index (κ3) is 5.70. The average molecular weight is 558 g/mol. The number of fused-ring (bicyclic) bond motifs is 1. The van der Waals surface area contributed by atoms with E-state index in [0.717, 1.165) is 52.0 Å². The highest BCUT2D eigenvalue weighted by Crippen LogP contribution is 2.35. The number of piperazine rings is 1. The Morgan fingerprint density at radius 1 is 1.05 bits per heavy atom. The third-order valence-electron chi connectivity index (χ3n) is 7.59. The maximum absolute atomic E-state index is 14.2. The van der Waals surface area contributed by atoms with Gasteiger partial charge in [0.05, 0.1) is 21.7 Å². The Bertz CT molecular complexity index is 1260. The first-order valence-electron chi connectivity index (χ1n) is 12.6. The van der Waals surface area contributed by atoms with Crippen molar-refractivity contribution in [3.05, 3.63) is 57.6 Å². The minimum atomic E-state index is -4.54. The summed E-state index contributed by atoms with van der Waals surface area (Å²) >= 11 is 12.4. The van der Waals surface area contributed by atoms with E-state index in [0.29, 0.717) is 39.9 Å². The molecule has 0 amide bonds. The van der Waals surface area contributed by atoms with E-state index in [9.17, 15) is 17.6 Å². The van der Waals surface area contributed by atoms with E-state index in [4.69, 9.17) is 23.2 Å². The van der Waals surface area contributed by atoms with Gasteiger partial charge in [0.15, 0.2) is 0 Å². The van der Waals surface area contributed by atoms with Crippen LogP contribution in [-0.2, 0) is 12.7 Å². The number of nitrogens with zero attached hydrogens (tertiary/aromatic N) is 4. The smallest absolute Gasteiger partial charge is 0.367 e. The first-order chi connectivity index (χ1) is 17.6. The SMILES string of the molecule is CCC1CN(c2cc3nc(C(F)(F)F)[nH]c3cc2Cl)CCN1C1CCN(Cc2ccc(Cl)cc2F)CC1. The maximum Gasteiger partial charge on any atom is 0.449 e. The quantitative estimate of drug-likeness (QED) is 0.359. The number of nitrogens with one attached hydrogen (secondary N) is 1. The van der Waals surface area contributed by atoms with E-state index < -0.39 is 12.0 Å². The highest BCUT2D eigenvalue weighted by molar-refractivity contribution is 6.34. The van der Waals surface area contributed by atoms with Gasteiger partial charge in [0.1, 0.15) is 5.82 Å². The van der Waals surface area contributed by atoms with Gasteiger partial charge in [-0.25, -0.2) is 9.37 Å². The molecule has 5 rings (SSSR count). The first kappa shape index (κ1) is 26.5. The van der Waals surface area contributed by atoms with Gasteiger partial charge in [-0.1, -0.05) is 36.2 Å². The summed E-state index contributed by atoms with van der Waals surface area (Å²) in [5.41, 5.74) is 1.91. The molecule has 0 saturated carbocycles. The predicted molar refractivity (Wildman–Crippen MR) is 139 cm³/mol. The molecule has 0 radical (unpaired) electrons. The number of halogens is 6. The van der Waals surface area contributed by atoms with E-state index in [1.807, 2.05) is 0 Å². The maximum atomic E-state index is 14.2. The number of H-pyrrole nitrogens is 1. The van der Waals surface area contributed by atoms with E-state index in [2.05, 4.69) is 31.6 Å². The molecule has 2 aliphatic rings. The molecular weight excluding hydrogens is 529 g/mol. The van der Waals surface area contributed by atoms with E-state index >= 15 is 0 Å². The number of anilines is 1. The summed E-state index contributed by atoms with van der Waals surface area (Å²) in [7, 11) is 0. The van der Waals surface area contributed by atoms with Crippen LogP contribution in [0.25, 0.3) is 11.0 Å². The Kier molecular flexibility index (Phi) is 7.60. The van der Waals surface area contributed by atoms with Gasteiger partial charge in [-0.3, -0.25) is 9.80 Å². The molecule has 1 aromatic heterocycles. The number of benzene rings is 2. The predicted octanol–water partition coefficient (Wildman–Crippen LogP) is 6.59. The topological polar surface area (TPSA) is 38.4 Å². The fourth-order valence-corrected chi connectivity index (χ4v) is 6.07. The number of piperidine rings is 1. The van der Waals surface area contributed by atoms with Crippen molar-refractivity contribution in [1.82, 2.24) is 19.8 Å². The number of likely N-dealkylation sites (tertiary alicyclic amines) is 1. The lowest BCUT2D eigenvalue weighted by Crippen LogP contribution is -2.58. The Morgan fingerprint density at radius 2 is 1.81 bits per heavy atom. The standard InChI is InChI=1S/C26H29Cl2F4N5/c1-2-18-15-36(24-13-23-22(12-20(24)28)33-25(34-23)26(30,31)32)9-10-37(18)19-5-7-35(8-6-19)14-16-3-4-17(27)11-21(16)29/h3-4,11-13,18-19H,2,5-10,14-15H2,1H3,(H,33,34). The Labute approximate surface area is 223 Å². The molecule has 11 heteroatoms. The molecule has 200 valence electrons. The summed E-state index contributed by atoms with van der Waals surface area (Å²) in [6.07, 6.45) is -1.58. The second kappa shape index (κ2) is 10.6. The van der Waals surface area contributed by atoms with Crippen molar-refractivity contribution < 1.29 is 17.6 Å². The van der Waals surface area contributed by atoms with Gasteiger partial charge >= 0.3 is 6.18 Å². The third-order valence-corrected chi connectivity index (χ3v) is 8.13. The largest absolute Gasteiger partial charge is 0.449 e. The Balaban J connectivity index is 1.23.